The first-order valence-corrected chi connectivity index (χ1v) is 12.4. The van der Waals surface area contributed by atoms with Gasteiger partial charge < -0.3 is 9.80 Å². The van der Waals surface area contributed by atoms with Crippen LogP contribution in [0.4, 0.5) is 5.82 Å². The van der Waals surface area contributed by atoms with Crippen LogP contribution in [0.15, 0.2) is 62.9 Å². The summed E-state index contributed by atoms with van der Waals surface area (Å²) in [6, 6.07) is 14.3. The van der Waals surface area contributed by atoms with Crippen molar-refractivity contribution >= 4 is 48.1 Å². The number of hydrogen-bond donors (Lipinski definition) is 0. The largest absolute Gasteiger partial charge is 0.353 e. The lowest BCUT2D eigenvalue weighted by Gasteiger charge is -2.35. The lowest BCUT2D eigenvalue weighted by molar-refractivity contribution is 0.271. The fourth-order valence-corrected chi connectivity index (χ4v) is 5.44. The zero-order valence-corrected chi connectivity index (χ0v) is 19.3. The molecule has 4 aromatic rings. The zero-order chi connectivity index (χ0) is 21.6. The van der Waals surface area contributed by atoms with Crippen molar-refractivity contribution in [3.05, 3.63) is 53.0 Å². The van der Waals surface area contributed by atoms with Gasteiger partial charge in [0.2, 0.25) is 14.9 Å². The molecule has 0 unspecified atom stereocenters. The minimum Gasteiger partial charge on any atom is -0.353 e. The normalized spacial score (nSPS) is 15.7. The molecule has 0 radical (unpaired) electrons. The summed E-state index contributed by atoms with van der Waals surface area (Å²) < 4.78 is 29.0. The number of sulfone groups is 1. The molecular weight excluding hydrogens is 480 g/mol. The summed E-state index contributed by atoms with van der Waals surface area (Å²) in [6.07, 6.45) is 0. The first-order chi connectivity index (χ1) is 15.0. The Balaban J connectivity index is 1.69. The van der Waals surface area contributed by atoms with Crippen molar-refractivity contribution in [2.45, 2.75) is 16.8 Å². The maximum atomic E-state index is 13.3. The van der Waals surface area contributed by atoms with Crippen molar-refractivity contribution in [2.24, 2.45) is 0 Å². The molecule has 31 heavy (non-hydrogen) atoms. The predicted molar refractivity (Wildman–Crippen MR) is 122 cm³/mol. The summed E-state index contributed by atoms with van der Waals surface area (Å²) >= 11 is 3.34. The maximum Gasteiger partial charge on any atom is 0.229 e. The first-order valence-electron chi connectivity index (χ1n) is 10.1. The van der Waals surface area contributed by atoms with E-state index in [1.807, 2.05) is 24.3 Å². The lowest BCUT2D eigenvalue weighted by Crippen LogP contribution is -2.46. The molecule has 0 N–H and O–H groups in total. The third-order valence-corrected chi connectivity index (χ3v) is 7.89. The van der Waals surface area contributed by atoms with Crippen LogP contribution in [-0.2, 0) is 9.84 Å². The second-order valence-corrected chi connectivity index (χ2v) is 10.2. The molecule has 0 spiro atoms. The summed E-state index contributed by atoms with van der Waals surface area (Å²) in [5, 5.41) is 9.01. The number of aromatic nitrogens is 4. The number of anilines is 1. The van der Waals surface area contributed by atoms with Gasteiger partial charge in [-0.1, -0.05) is 40.2 Å². The van der Waals surface area contributed by atoms with Gasteiger partial charge in [-0.2, -0.15) is 4.52 Å². The minimum absolute atomic E-state index is 0.131. The van der Waals surface area contributed by atoms with Crippen LogP contribution in [0.1, 0.15) is 6.92 Å². The molecule has 1 aliphatic heterocycles. The van der Waals surface area contributed by atoms with E-state index < -0.39 is 9.84 Å². The number of fused-ring (bicyclic) bond motifs is 3. The van der Waals surface area contributed by atoms with Gasteiger partial charge >= 0.3 is 0 Å². The van der Waals surface area contributed by atoms with E-state index in [4.69, 9.17) is 4.98 Å². The maximum absolute atomic E-state index is 13.3. The van der Waals surface area contributed by atoms with Crippen molar-refractivity contribution in [2.75, 3.05) is 37.6 Å². The summed E-state index contributed by atoms with van der Waals surface area (Å²) in [7, 11) is -3.87. The third kappa shape index (κ3) is 3.48. The highest BCUT2D eigenvalue weighted by Gasteiger charge is 2.28. The molecule has 0 bridgehead atoms. The Hall–Kier alpha value is -2.56. The molecule has 0 atom stereocenters. The molecule has 0 aliphatic carbocycles. The van der Waals surface area contributed by atoms with Crippen LogP contribution < -0.4 is 4.90 Å². The van der Waals surface area contributed by atoms with Gasteiger partial charge in [-0.3, -0.25) is 0 Å². The van der Waals surface area contributed by atoms with E-state index in [-0.39, 0.29) is 15.6 Å². The zero-order valence-electron chi connectivity index (χ0n) is 16.9. The Bertz CT molecular complexity index is 1360. The number of rotatable bonds is 4. The second kappa shape index (κ2) is 7.85. The molecule has 3 heterocycles. The van der Waals surface area contributed by atoms with E-state index in [1.54, 1.807) is 24.3 Å². The molecule has 1 fully saturated rings. The number of para-hydroxylation sites is 1. The van der Waals surface area contributed by atoms with Gasteiger partial charge in [0.25, 0.3) is 0 Å². The average Bonchev–Trinajstić information content (AvgIpc) is 3.24. The summed E-state index contributed by atoms with van der Waals surface area (Å²) in [4.78, 5) is 9.57. The van der Waals surface area contributed by atoms with E-state index in [0.29, 0.717) is 0 Å². The Kier molecular flexibility index (Phi) is 5.15. The highest BCUT2D eigenvalue weighted by Crippen LogP contribution is 2.30. The standard InChI is InChI=1S/C21H21BrN6O2S/c1-2-26-11-13-27(14-12-26)19-17-5-3-4-6-18(17)28-20(23-19)21(24-25-28)31(29,30)16-9-7-15(22)8-10-16/h3-10H,2,11-14H2,1H3. The molecule has 8 nitrogen and oxygen atoms in total. The Morgan fingerprint density at radius 1 is 1.00 bits per heavy atom. The van der Waals surface area contributed by atoms with Gasteiger partial charge in [0, 0.05) is 36.0 Å². The highest BCUT2D eigenvalue weighted by atomic mass is 79.9. The van der Waals surface area contributed by atoms with Gasteiger partial charge in [-0.05, 0) is 42.9 Å². The average molecular weight is 501 g/mol. The van der Waals surface area contributed by atoms with Crippen LogP contribution in [-0.4, -0.2) is 65.9 Å². The predicted octanol–water partition coefficient (Wildman–Crippen LogP) is 3.01. The van der Waals surface area contributed by atoms with Crippen molar-refractivity contribution < 1.29 is 8.42 Å². The van der Waals surface area contributed by atoms with Crippen LogP contribution in [0.25, 0.3) is 16.6 Å². The van der Waals surface area contributed by atoms with Crippen LogP contribution in [0.3, 0.4) is 0 Å². The van der Waals surface area contributed by atoms with Gasteiger partial charge in [-0.25, -0.2) is 13.4 Å². The number of benzene rings is 2. The number of likely N-dealkylation sites (N-methyl/N-ethyl adjacent to an activating group) is 1. The molecule has 2 aromatic heterocycles. The number of piperazine rings is 1. The molecule has 5 rings (SSSR count). The molecule has 1 aliphatic rings. The third-order valence-electron chi connectivity index (χ3n) is 5.70. The SMILES string of the molecule is CCN1CCN(c2nc3c(S(=O)(=O)c4ccc(Br)cc4)nnn3c3ccccc23)CC1. The van der Waals surface area contributed by atoms with Crippen LogP contribution in [0.5, 0.6) is 0 Å². The van der Waals surface area contributed by atoms with E-state index in [2.05, 4.69) is 43.0 Å². The van der Waals surface area contributed by atoms with Gasteiger partial charge in [0.05, 0.1) is 10.4 Å². The minimum atomic E-state index is -3.87. The van der Waals surface area contributed by atoms with Gasteiger partial charge in [0.15, 0.2) is 5.65 Å². The van der Waals surface area contributed by atoms with Gasteiger partial charge in [0.1, 0.15) is 5.82 Å². The Morgan fingerprint density at radius 3 is 2.42 bits per heavy atom. The number of nitrogens with zero attached hydrogens (tertiary/aromatic N) is 6. The van der Waals surface area contributed by atoms with E-state index in [0.717, 1.165) is 53.9 Å². The van der Waals surface area contributed by atoms with Crippen LogP contribution in [0, 0.1) is 0 Å². The quantitative estimate of drug-likeness (QED) is 0.425. The highest BCUT2D eigenvalue weighted by molar-refractivity contribution is 9.10. The van der Waals surface area contributed by atoms with E-state index >= 15 is 0 Å². The molecule has 10 heteroatoms. The van der Waals surface area contributed by atoms with Crippen LogP contribution >= 0.6 is 15.9 Å². The monoisotopic (exact) mass is 500 g/mol. The smallest absolute Gasteiger partial charge is 0.229 e. The van der Waals surface area contributed by atoms with Crippen LogP contribution in [0.2, 0.25) is 0 Å². The van der Waals surface area contributed by atoms with Crippen molar-refractivity contribution in [3.63, 3.8) is 0 Å². The number of hydrogen-bond acceptors (Lipinski definition) is 7. The molecule has 0 saturated carbocycles. The fourth-order valence-electron chi connectivity index (χ4n) is 3.94. The fraction of sp³-hybridized carbons (Fsp3) is 0.286. The second-order valence-electron chi connectivity index (χ2n) is 7.46. The Labute approximate surface area is 188 Å². The summed E-state index contributed by atoms with van der Waals surface area (Å²) in [5.74, 6) is 0.772. The lowest BCUT2D eigenvalue weighted by atomic mass is 10.2. The van der Waals surface area contributed by atoms with E-state index in [1.165, 1.54) is 4.52 Å². The molecule has 160 valence electrons. The first kappa shape index (κ1) is 20.3. The summed E-state index contributed by atoms with van der Waals surface area (Å²) in [6.45, 7) is 6.73. The number of halogens is 1. The Morgan fingerprint density at radius 2 is 1.71 bits per heavy atom. The van der Waals surface area contributed by atoms with Crippen molar-refractivity contribution in [1.29, 1.82) is 0 Å². The molecule has 1 saturated heterocycles. The van der Waals surface area contributed by atoms with Gasteiger partial charge in [-0.15, -0.1) is 5.10 Å². The molecular formula is C21H21BrN6O2S. The molecule has 0 amide bonds. The molecule has 2 aromatic carbocycles. The topological polar surface area (TPSA) is 83.7 Å². The van der Waals surface area contributed by atoms with Crippen molar-refractivity contribution in [1.82, 2.24) is 24.7 Å². The summed E-state index contributed by atoms with van der Waals surface area (Å²) in [5.41, 5.74) is 1.03. The van der Waals surface area contributed by atoms with E-state index in [9.17, 15) is 8.42 Å². The van der Waals surface area contributed by atoms with Crippen molar-refractivity contribution in [3.8, 4) is 0 Å².